The number of halogens is 1. The van der Waals surface area contributed by atoms with E-state index in [1.54, 1.807) is 21.3 Å². The van der Waals surface area contributed by atoms with E-state index in [0.29, 0.717) is 35.7 Å². The minimum absolute atomic E-state index is 0.0774. The average molecular weight is 356 g/mol. The zero-order valence-electron chi connectivity index (χ0n) is 13.2. The molecule has 3 aromatic rings. The van der Waals surface area contributed by atoms with E-state index < -0.39 is 5.91 Å². The van der Waals surface area contributed by atoms with Gasteiger partial charge in [0.25, 0.3) is 11.5 Å². The van der Waals surface area contributed by atoms with E-state index in [4.69, 9.17) is 11.6 Å². The van der Waals surface area contributed by atoms with Crippen molar-refractivity contribution in [2.75, 3.05) is 0 Å². The Labute approximate surface area is 147 Å². The molecule has 1 aromatic carbocycles. The maximum atomic E-state index is 12.7. The lowest BCUT2D eigenvalue weighted by atomic mass is 10.1. The van der Waals surface area contributed by atoms with Gasteiger partial charge >= 0.3 is 0 Å². The summed E-state index contributed by atoms with van der Waals surface area (Å²) >= 11 is 5.84. The molecule has 0 fully saturated rings. The van der Waals surface area contributed by atoms with Crippen molar-refractivity contribution in [1.82, 2.24) is 14.5 Å². The summed E-state index contributed by atoms with van der Waals surface area (Å²) in [5.41, 5.74) is 1.03. The zero-order valence-corrected chi connectivity index (χ0v) is 13.9. The summed E-state index contributed by atoms with van der Waals surface area (Å²) in [5.74, 6) is -0.435. The first-order valence-corrected chi connectivity index (χ1v) is 8.22. The minimum Gasteiger partial charge on any atom is -0.348 e. The predicted molar refractivity (Wildman–Crippen MR) is 95.1 cm³/mol. The van der Waals surface area contributed by atoms with E-state index in [1.807, 2.05) is 12.1 Å². The van der Waals surface area contributed by atoms with Crippen molar-refractivity contribution in [3.8, 4) is 0 Å². The molecule has 1 aliphatic rings. The van der Waals surface area contributed by atoms with Gasteiger partial charge in [-0.3, -0.25) is 19.0 Å². The monoisotopic (exact) mass is 355 g/mol. The zero-order chi connectivity index (χ0) is 17.6. The van der Waals surface area contributed by atoms with Crippen molar-refractivity contribution >= 4 is 28.5 Å². The molecule has 3 heterocycles. The number of nitrogens with zero attached hydrogens (tertiary/aromatic N) is 2. The molecule has 0 unspecified atom stereocenters. The van der Waals surface area contributed by atoms with Crippen LogP contribution in [0.25, 0.3) is 11.0 Å². The molecule has 2 aromatic heterocycles. The average Bonchev–Trinajstić information content (AvgIpc) is 3.04. The molecular formula is C18H14ClN3O3. The summed E-state index contributed by atoms with van der Waals surface area (Å²) < 4.78 is 3.35. The van der Waals surface area contributed by atoms with E-state index >= 15 is 0 Å². The summed E-state index contributed by atoms with van der Waals surface area (Å²) in [4.78, 5) is 37.0. The van der Waals surface area contributed by atoms with Gasteiger partial charge in [-0.15, -0.1) is 0 Å². The highest BCUT2D eigenvalue weighted by Crippen LogP contribution is 2.16. The lowest BCUT2D eigenvalue weighted by Crippen LogP contribution is -2.30. The Balaban J connectivity index is 1.68. The summed E-state index contributed by atoms with van der Waals surface area (Å²) in [5, 5.41) is 3.76. The Kier molecular flexibility index (Phi) is 3.69. The Morgan fingerprint density at radius 2 is 1.84 bits per heavy atom. The Bertz CT molecular complexity index is 1110. The molecule has 1 amide bonds. The van der Waals surface area contributed by atoms with Crippen LogP contribution in [0.3, 0.4) is 0 Å². The summed E-state index contributed by atoms with van der Waals surface area (Å²) in [7, 11) is 0. The number of nitrogens with one attached hydrogen (secondary N) is 1. The molecule has 0 radical (unpaired) electrons. The van der Waals surface area contributed by atoms with Crippen molar-refractivity contribution < 1.29 is 4.79 Å². The third kappa shape index (κ3) is 2.64. The number of carbonyl (C=O) groups excluding carboxylic acids is 1. The number of hydrogen-bond donors (Lipinski definition) is 1. The third-order valence-corrected chi connectivity index (χ3v) is 4.63. The topological polar surface area (TPSA) is 73.1 Å². The summed E-state index contributed by atoms with van der Waals surface area (Å²) in [6.45, 7) is 1.37. The first kappa shape index (κ1) is 15.7. The van der Waals surface area contributed by atoms with E-state index in [9.17, 15) is 14.4 Å². The highest BCUT2D eigenvalue weighted by atomic mass is 35.5. The highest BCUT2D eigenvalue weighted by Gasteiger charge is 2.21. The Morgan fingerprint density at radius 1 is 1.08 bits per heavy atom. The van der Waals surface area contributed by atoms with Crippen molar-refractivity contribution in [1.29, 1.82) is 0 Å². The van der Waals surface area contributed by atoms with Crippen LogP contribution in [0.5, 0.6) is 0 Å². The number of aryl methyl sites for hydroxylation is 2. The van der Waals surface area contributed by atoms with Gasteiger partial charge in [-0.25, -0.2) is 0 Å². The Hall–Kier alpha value is -2.86. The van der Waals surface area contributed by atoms with Gasteiger partial charge in [-0.1, -0.05) is 23.7 Å². The lowest BCUT2D eigenvalue weighted by molar-refractivity contribution is 0.0949. The molecule has 126 valence electrons. The van der Waals surface area contributed by atoms with Gasteiger partial charge < -0.3 is 9.88 Å². The second-order valence-corrected chi connectivity index (χ2v) is 6.37. The number of benzene rings is 1. The van der Waals surface area contributed by atoms with Gasteiger partial charge in [-0.2, -0.15) is 0 Å². The van der Waals surface area contributed by atoms with Crippen LogP contribution in [0.2, 0.25) is 5.02 Å². The van der Waals surface area contributed by atoms with Gasteiger partial charge in [-0.05, 0) is 23.8 Å². The smallest absolute Gasteiger partial charge is 0.257 e. The number of amides is 1. The van der Waals surface area contributed by atoms with E-state index in [0.717, 1.165) is 5.56 Å². The SMILES string of the molecule is O=C(NCc1ccc(Cl)cc1)c1cn2c3c(ccc(=O)n3CC2)c1=O. The second kappa shape index (κ2) is 5.89. The first-order chi connectivity index (χ1) is 12.0. The Morgan fingerprint density at radius 3 is 2.60 bits per heavy atom. The molecular weight excluding hydrogens is 342 g/mol. The van der Waals surface area contributed by atoms with Gasteiger partial charge in [0.1, 0.15) is 11.2 Å². The molecule has 1 N–H and O–H groups in total. The van der Waals surface area contributed by atoms with Crippen LogP contribution >= 0.6 is 11.6 Å². The molecule has 0 saturated carbocycles. The lowest BCUT2D eigenvalue weighted by Gasteiger charge is -2.09. The van der Waals surface area contributed by atoms with Crippen molar-refractivity contribution in [3.63, 3.8) is 0 Å². The number of pyridine rings is 2. The van der Waals surface area contributed by atoms with E-state index in [1.165, 1.54) is 18.3 Å². The molecule has 4 rings (SSSR count). The van der Waals surface area contributed by atoms with Crippen LogP contribution in [0.15, 0.2) is 52.2 Å². The van der Waals surface area contributed by atoms with Gasteiger partial charge in [0.15, 0.2) is 0 Å². The van der Waals surface area contributed by atoms with Crippen LogP contribution in [0.4, 0.5) is 0 Å². The molecule has 0 bridgehead atoms. The highest BCUT2D eigenvalue weighted by molar-refractivity contribution is 6.30. The maximum Gasteiger partial charge on any atom is 0.257 e. The van der Waals surface area contributed by atoms with Crippen LogP contribution in [-0.4, -0.2) is 15.0 Å². The molecule has 0 saturated heterocycles. The third-order valence-electron chi connectivity index (χ3n) is 4.38. The van der Waals surface area contributed by atoms with Crippen LogP contribution in [0, 0.1) is 0 Å². The number of hydrogen-bond acceptors (Lipinski definition) is 3. The van der Waals surface area contributed by atoms with Crippen molar-refractivity contribution in [2.45, 2.75) is 19.6 Å². The van der Waals surface area contributed by atoms with Gasteiger partial charge in [0.05, 0.1) is 5.39 Å². The molecule has 0 spiro atoms. The van der Waals surface area contributed by atoms with Crippen molar-refractivity contribution in [2.24, 2.45) is 0 Å². The summed E-state index contributed by atoms with van der Waals surface area (Å²) in [6.07, 6.45) is 1.53. The fourth-order valence-electron chi connectivity index (χ4n) is 3.11. The minimum atomic E-state index is -0.435. The number of carbonyl (C=O) groups is 1. The van der Waals surface area contributed by atoms with Crippen molar-refractivity contribution in [3.05, 3.63) is 79.3 Å². The van der Waals surface area contributed by atoms with Crippen LogP contribution < -0.4 is 16.3 Å². The standard InChI is InChI=1S/C18H14ClN3O3/c19-12-3-1-11(2-4-12)9-20-17(25)14-10-21-7-8-22-15(23)6-5-13(16(14)24)18(21)22/h1-6,10H,7-9H2,(H,20,25). The number of aromatic nitrogens is 2. The van der Waals surface area contributed by atoms with E-state index in [-0.39, 0.29) is 16.6 Å². The molecule has 7 heteroatoms. The van der Waals surface area contributed by atoms with Gasteiger partial charge in [0.2, 0.25) is 5.43 Å². The molecule has 1 aliphatic heterocycles. The van der Waals surface area contributed by atoms with E-state index in [2.05, 4.69) is 5.32 Å². The van der Waals surface area contributed by atoms with Crippen LogP contribution in [0.1, 0.15) is 15.9 Å². The quantitative estimate of drug-likeness (QED) is 0.778. The fraction of sp³-hybridized carbons (Fsp3) is 0.167. The maximum absolute atomic E-state index is 12.7. The molecule has 6 nitrogen and oxygen atoms in total. The molecule has 25 heavy (non-hydrogen) atoms. The predicted octanol–water partition coefficient (Wildman–Crippen LogP) is 1.76. The molecule has 0 atom stereocenters. The fourth-order valence-corrected chi connectivity index (χ4v) is 3.24. The first-order valence-electron chi connectivity index (χ1n) is 7.84. The largest absolute Gasteiger partial charge is 0.348 e. The summed E-state index contributed by atoms with van der Waals surface area (Å²) in [6, 6.07) is 9.98. The van der Waals surface area contributed by atoms with Gasteiger partial charge in [0, 0.05) is 36.9 Å². The molecule has 0 aliphatic carbocycles. The van der Waals surface area contributed by atoms with Crippen LogP contribution in [-0.2, 0) is 19.6 Å². The second-order valence-electron chi connectivity index (χ2n) is 5.93. The number of rotatable bonds is 3. The normalized spacial score (nSPS) is 12.5.